The molecule has 0 saturated carbocycles. The van der Waals surface area contributed by atoms with Crippen LogP contribution < -0.4 is 0 Å². The SMILES string of the molecule is CC.CC.CC.CC.CC.CC.CCOCOCC.Cc1ccc2cc(-c3ccc4n[c-]ccc4c3)ccc2n1.Cc1ccccc1.Cc1ccccc1.Clc1ccc(-c2ccc3cc(-c4ccc5nc(-c6ccc(Cl)cc6)ccc5c4)ccc3n2)cc1.Fc1ccc(-c2ccc3cc(-c4ccc5nc(-c6ccc(F)cc6)ccc5c4)ccc3n2)cc1.Oc1ccc(O)cc1.[CH3-].[Y]. The molecule has 0 aliphatic carbocycles. The third-order valence-electron chi connectivity index (χ3n) is 19.0. The summed E-state index contributed by atoms with van der Waals surface area (Å²) in [5.41, 5.74) is 23.6. The Kier molecular flexibility index (Phi) is 50.3. The van der Waals surface area contributed by atoms with E-state index in [4.69, 9.17) is 62.8 Å². The van der Waals surface area contributed by atoms with Crippen LogP contribution in [0.4, 0.5) is 8.78 Å². The van der Waals surface area contributed by atoms with Gasteiger partial charge in [-0.3, -0.25) is 4.98 Å². The number of aromatic hydroxyl groups is 2. The number of phenols is 2. The van der Waals surface area contributed by atoms with Crippen molar-refractivity contribution in [1.29, 1.82) is 0 Å². The van der Waals surface area contributed by atoms with E-state index in [-0.39, 0.29) is 63.3 Å². The van der Waals surface area contributed by atoms with E-state index in [9.17, 15) is 8.78 Å². The number of ether oxygens (including phenoxy) is 2. The molecule has 132 heavy (non-hydrogen) atoms. The van der Waals surface area contributed by atoms with E-state index >= 15 is 0 Å². The van der Waals surface area contributed by atoms with Gasteiger partial charge in [0.05, 0.1) is 50.4 Å². The largest absolute Gasteiger partial charge is 0.508 e. The van der Waals surface area contributed by atoms with Gasteiger partial charge in [-0.05, 0) is 262 Å². The van der Waals surface area contributed by atoms with Crippen LogP contribution in [0.1, 0.15) is 114 Å². The van der Waals surface area contributed by atoms with Gasteiger partial charge < -0.3 is 32.1 Å². The average molecular weight is 1870 g/mol. The normalized spacial score (nSPS) is 9.80. The summed E-state index contributed by atoms with van der Waals surface area (Å²) in [5.74, 6) is -0.177. The van der Waals surface area contributed by atoms with E-state index in [1.165, 1.54) is 70.8 Å². The van der Waals surface area contributed by atoms with Gasteiger partial charge in [0.1, 0.15) is 29.9 Å². The van der Waals surface area contributed by atoms with Crippen LogP contribution in [0.15, 0.2) is 364 Å². The number of fused-ring (bicyclic) bond motifs is 6. The minimum absolute atomic E-state index is 0. The Hall–Kier alpha value is -12.6. The van der Waals surface area contributed by atoms with Crippen molar-refractivity contribution in [3.63, 3.8) is 0 Å². The molecule has 0 spiro atoms. The molecule has 6 heterocycles. The topological polar surface area (TPSA) is 136 Å². The van der Waals surface area contributed by atoms with Crippen LogP contribution in [0.5, 0.6) is 11.5 Å². The van der Waals surface area contributed by atoms with Crippen LogP contribution in [-0.2, 0) is 42.2 Å². The van der Waals surface area contributed by atoms with Gasteiger partial charge >= 0.3 is 0 Å². The Balaban J connectivity index is 0.000000291. The number of nitrogens with zero attached hydrogens (tertiary/aromatic N) is 6. The summed E-state index contributed by atoms with van der Waals surface area (Å²) in [7, 11) is 0. The number of hydrogen-bond acceptors (Lipinski definition) is 10. The van der Waals surface area contributed by atoms with Gasteiger partial charge in [0.2, 0.25) is 0 Å². The third kappa shape index (κ3) is 34.3. The molecule has 1 radical (unpaired) electrons. The molecule has 19 rings (SSSR count). The van der Waals surface area contributed by atoms with Crippen molar-refractivity contribution in [3.05, 3.63) is 416 Å². The molecule has 13 aromatic carbocycles. The molecule has 0 saturated heterocycles. The van der Waals surface area contributed by atoms with E-state index in [0.717, 1.165) is 162 Å². The van der Waals surface area contributed by atoms with E-state index in [0.29, 0.717) is 6.79 Å². The Morgan fingerprint density at radius 1 is 0.280 bits per heavy atom. The van der Waals surface area contributed by atoms with Crippen molar-refractivity contribution in [2.75, 3.05) is 20.0 Å². The van der Waals surface area contributed by atoms with Gasteiger partial charge in [-0.15, -0.1) is 5.39 Å². The van der Waals surface area contributed by atoms with Crippen LogP contribution in [0.25, 0.3) is 144 Å². The summed E-state index contributed by atoms with van der Waals surface area (Å²) in [6.45, 7) is 36.0. The zero-order valence-corrected chi connectivity index (χ0v) is 83.6. The fourth-order valence-electron chi connectivity index (χ4n) is 12.7. The number of phenolic OH excluding ortho intramolecular Hbond substituents is 2. The quantitative estimate of drug-likeness (QED) is 0.0557. The van der Waals surface area contributed by atoms with Crippen molar-refractivity contribution in [3.8, 4) is 89.9 Å². The van der Waals surface area contributed by atoms with Gasteiger partial charge in [-0.2, -0.15) is 12.1 Å². The molecular weight excluding hydrogens is 1750 g/mol. The van der Waals surface area contributed by atoms with Crippen molar-refractivity contribution < 1.29 is 61.2 Å². The number of hydrogen-bond donors (Lipinski definition) is 2. The molecule has 10 nitrogen and oxygen atoms in total. The third-order valence-corrected chi connectivity index (χ3v) is 19.5. The molecular formula is C117H122Cl2F2N6O4Y-2. The fourth-order valence-corrected chi connectivity index (χ4v) is 13.0. The van der Waals surface area contributed by atoms with E-state index in [1.807, 2.05) is 249 Å². The van der Waals surface area contributed by atoms with E-state index in [1.54, 1.807) is 24.3 Å². The Bertz CT molecular complexity index is 5970. The molecule has 677 valence electrons. The summed E-state index contributed by atoms with van der Waals surface area (Å²) < 4.78 is 36.2. The minimum Gasteiger partial charge on any atom is -0.508 e. The monoisotopic (exact) mass is 1870 g/mol. The minimum atomic E-state index is -0.258. The van der Waals surface area contributed by atoms with Crippen molar-refractivity contribution in [2.45, 2.75) is 118 Å². The van der Waals surface area contributed by atoms with Crippen molar-refractivity contribution >= 4 is 88.6 Å². The predicted octanol–water partition coefficient (Wildman–Crippen LogP) is 34.4. The number of rotatable bonds is 11. The Morgan fingerprint density at radius 3 is 0.788 bits per heavy atom. The van der Waals surface area contributed by atoms with Crippen LogP contribution in [0.3, 0.4) is 0 Å². The zero-order chi connectivity index (χ0) is 94.1. The molecule has 0 fully saturated rings. The molecule has 6 aromatic heterocycles. The second kappa shape index (κ2) is 60.4. The molecule has 0 aliphatic rings. The number of aromatic nitrogens is 6. The summed E-state index contributed by atoms with van der Waals surface area (Å²) in [4.78, 5) is 28.0. The van der Waals surface area contributed by atoms with E-state index in [2.05, 4.69) is 176 Å². The first kappa shape index (κ1) is 110. The summed E-state index contributed by atoms with van der Waals surface area (Å²) in [6, 6.07) is 117. The summed E-state index contributed by atoms with van der Waals surface area (Å²) in [6.07, 6.45) is 2.87. The van der Waals surface area contributed by atoms with Gasteiger partial charge in [0.25, 0.3) is 0 Å². The second-order valence-corrected chi connectivity index (χ2v) is 28.5. The first-order chi connectivity index (χ1) is 63.5. The fraction of sp³-hybridized carbons (Fsp3) is 0.171. The molecule has 2 N–H and O–H groups in total. The average Bonchev–Trinajstić information content (AvgIpc) is 0.794. The van der Waals surface area contributed by atoms with Gasteiger partial charge in [-0.1, -0.05) is 287 Å². The van der Waals surface area contributed by atoms with Crippen LogP contribution in [-0.4, -0.2) is 60.1 Å². The molecule has 0 unspecified atom stereocenters. The van der Waals surface area contributed by atoms with Crippen LogP contribution >= 0.6 is 23.2 Å². The van der Waals surface area contributed by atoms with Crippen molar-refractivity contribution in [1.82, 2.24) is 29.9 Å². The second-order valence-electron chi connectivity index (χ2n) is 27.6. The molecule has 0 amide bonds. The molecule has 19 aromatic rings. The molecule has 0 aliphatic heterocycles. The maximum absolute atomic E-state index is 13.2. The predicted molar refractivity (Wildman–Crippen MR) is 557 cm³/mol. The van der Waals surface area contributed by atoms with Crippen LogP contribution in [0, 0.1) is 46.0 Å². The number of halogens is 4. The summed E-state index contributed by atoms with van der Waals surface area (Å²) >= 11 is 12.0. The first-order valence-electron chi connectivity index (χ1n) is 44.5. The number of pyridine rings is 6. The van der Waals surface area contributed by atoms with Crippen molar-refractivity contribution in [2.24, 2.45) is 0 Å². The maximum atomic E-state index is 13.2. The van der Waals surface area contributed by atoms with Crippen LogP contribution in [0.2, 0.25) is 10.0 Å². The van der Waals surface area contributed by atoms with Gasteiger partial charge in [-0.25, -0.2) is 28.7 Å². The Morgan fingerprint density at radius 2 is 0.523 bits per heavy atom. The number of aryl methyl sites for hydroxylation is 3. The molecule has 0 atom stereocenters. The van der Waals surface area contributed by atoms with Gasteiger partial charge in [0, 0.05) is 111 Å². The number of benzene rings is 13. The van der Waals surface area contributed by atoms with E-state index < -0.39 is 0 Å². The van der Waals surface area contributed by atoms with Gasteiger partial charge in [0.15, 0.2) is 0 Å². The smallest absolute Gasteiger partial charge is 0.146 e. The Labute approximate surface area is 816 Å². The standard InChI is InChI=1S/C30H18Cl2N2.C30H18F2N2.C19H13N2.2C7H8.C6H6O2.C5H12O2.6C2H6.CH3.Y/c2*31-25-9-1-19(2-10-25)27-15-7-23-17-21(5-13-29(23)33-27)22-6-14-30-24(18-22)8-16-28(34-30)20-3-11-26(32)12-4-20;1-13-4-5-17-12-15(7-9-19(17)21-13)14-6-8-18-16(11-14)3-2-10-20-18;2*1-7-5-3-2-4-6-7;7-5-1-2-6(8)4-3-5;1-3-6-5-7-4-2;6*1-2;;/h2*1-18H;2-9,11-12H,1H3;2*2-6H,1H3;1-4,7-8H;3-5H2,1-2H3;6*1-2H3;1H3;/q;;-1;;;;;;;;;;;-1;. The zero-order valence-electron chi connectivity index (χ0n) is 79.2. The molecule has 15 heteroatoms. The first-order valence-corrected chi connectivity index (χ1v) is 45.3. The maximum Gasteiger partial charge on any atom is 0.146 e. The summed E-state index contributed by atoms with van der Waals surface area (Å²) in [5, 5.41) is 25.3. The molecule has 0 bridgehead atoms.